The van der Waals surface area contributed by atoms with Crippen molar-refractivity contribution in [3.63, 3.8) is 0 Å². The average molecular weight is 155 g/mol. The number of nitrogens with zero attached hydrogens (tertiary/aromatic N) is 2. The second-order valence-corrected chi connectivity index (χ2v) is 2.34. The van der Waals surface area contributed by atoms with Gasteiger partial charge in [0, 0.05) is 26.9 Å². The van der Waals surface area contributed by atoms with Gasteiger partial charge < -0.3 is 10.5 Å². The number of aromatic nitrogens is 2. The van der Waals surface area contributed by atoms with Gasteiger partial charge in [-0.3, -0.25) is 4.68 Å². The van der Waals surface area contributed by atoms with Gasteiger partial charge in [0.25, 0.3) is 0 Å². The zero-order valence-corrected chi connectivity index (χ0v) is 6.82. The third kappa shape index (κ3) is 1.58. The van der Waals surface area contributed by atoms with E-state index in [1.54, 1.807) is 18.0 Å². The minimum Gasteiger partial charge on any atom is -0.374 e. The summed E-state index contributed by atoms with van der Waals surface area (Å²) in [5, 5.41) is 4.01. The predicted octanol–water partition coefficient (Wildman–Crippen LogP) is 0.0663. The molecule has 4 heteroatoms. The molecule has 1 heterocycles. The molecule has 0 spiro atoms. The lowest BCUT2D eigenvalue weighted by Gasteiger charge is -2.12. The first-order chi connectivity index (χ1) is 5.29. The number of methoxy groups -OCH3 is 1. The molecule has 0 aliphatic carbocycles. The number of ether oxygens (including phenoxy) is 1. The Morgan fingerprint density at radius 1 is 1.82 bits per heavy atom. The van der Waals surface area contributed by atoms with Crippen LogP contribution in [0.15, 0.2) is 12.3 Å². The van der Waals surface area contributed by atoms with Crippen LogP contribution < -0.4 is 5.73 Å². The van der Waals surface area contributed by atoms with Crippen molar-refractivity contribution in [3.05, 3.63) is 18.0 Å². The molecule has 0 amide bonds. The zero-order valence-electron chi connectivity index (χ0n) is 6.82. The lowest BCUT2D eigenvalue weighted by atomic mass is 10.2. The summed E-state index contributed by atoms with van der Waals surface area (Å²) in [5.41, 5.74) is 6.49. The van der Waals surface area contributed by atoms with Crippen molar-refractivity contribution in [2.24, 2.45) is 12.8 Å². The maximum Gasteiger partial charge on any atom is 0.111 e. The molecule has 0 aliphatic rings. The number of rotatable bonds is 3. The van der Waals surface area contributed by atoms with Gasteiger partial charge >= 0.3 is 0 Å². The summed E-state index contributed by atoms with van der Waals surface area (Å²) in [7, 11) is 3.52. The van der Waals surface area contributed by atoms with E-state index in [4.69, 9.17) is 10.5 Å². The zero-order chi connectivity index (χ0) is 8.27. The van der Waals surface area contributed by atoms with Crippen LogP contribution in [0, 0.1) is 0 Å². The van der Waals surface area contributed by atoms with E-state index in [2.05, 4.69) is 5.10 Å². The SMILES string of the molecule is COC(CN)c1ccnn1C. The summed E-state index contributed by atoms with van der Waals surface area (Å²) in [4.78, 5) is 0. The molecule has 0 saturated carbocycles. The fraction of sp³-hybridized carbons (Fsp3) is 0.571. The number of hydrogen-bond acceptors (Lipinski definition) is 3. The van der Waals surface area contributed by atoms with E-state index in [0.717, 1.165) is 5.69 Å². The van der Waals surface area contributed by atoms with Crippen LogP contribution in [0.4, 0.5) is 0 Å². The van der Waals surface area contributed by atoms with Gasteiger partial charge in [-0.2, -0.15) is 5.10 Å². The van der Waals surface area contributed by atoms with E-state index in [-0.39, 0.29) is 6.10 Å². The van der Waals surface area contributed by atoms with Gasteiger partial charge in [-0.25, -0.2) is 0 Å². The third-order valence-corrected chi connectivity index (χ3v) is 1.69. The van der Waals surface area contributed by atoms with Crippen LogP contribution in [0.1, 0.15) is 11.8 Å². The molecule has 1 unspecified atom stereocenters. The van der Waals surface area contributed by atoms with Crippen LogP contribution in [0.2, 0.25) is 0 Å². The summed E-state index contributed by atoms with van der Waals surface area (Å²) >= 11 is 0. The summed E-state index contributed by atoms with van der Waals surface area (Å²) < 4.78 is 6.90. The third-order valence-electron chi connectivity index (χ3n) is 1.69. The molecule has 0 aliphatic heterocycles. The highest BCUT2D eigenvalue weighted by molar-refractivity contribution is 5.04. The second-order valence-electron chi connectivity index (χ2n) is 2.34. The highest BCUT2D eigenvalue weighted by Crippen LogP contribution is 2.12. The summed E-state index contributed by atoms with van der Waals surface area (Å²) in [6.45, 7) is 0.482. The monoisotopic (exact) mass is 155 g/mol. The molecule has 1 aromatic rings. The average Bonchev–Trinajstić information content (AvgIpc) is 2.40. The Hall–Kier alpha value is -0.870. The number of aryl methyl sites for hydroxylation is 1. The number of nitrogens with two attached hydrogens (primary N) is 1. The Bertz CT molecular complexity index is 217. The van der Waals surface area contributed by atoms with E-state index in [1.807, 2.05) is 13.1 Å². The Labute approximate surface area is 66.0 Å². The minimum absolute atomic E-state index is 0.0394. The molecule has 11 heavy (non-hydrogen) atoms. The van der Waals surface area contributed by atoms with Crippen molar-refractivity contribution in [1.82, 2.24) is 9.78 Å². The summed E-state index contributed by atoms with van der Waals surface area (Å²) in [6, 6.07) is 1.90. The first kappa shape index (κ1) is 8.23. The van der Waals surface area contributed by atoms with E-state index < -0.39 is 0 Å². The fourth-order valence-electron chi connectivity index (χ4n) is 1.04. The largest absolute Gasteiger partial charge is 0.374 e. The minimum atomic E-state index is -0.0394. The van der Waals surface area contributed by atoms with Gasteiger partial charge in [0.1, 0.15) is 6.10 Å². The highest BCUT2D eigenvalue weighted by atomic mass is 16.5. The Balaban J connectivity index is 2.81. The van der Waals surface area contributed by atoms with Crippen LogP contribution in [-0.2, 0) is 11.8 Å². The predicted molar refractivity (Wildman–Crippen MR) is 42.0 cm³/mol. The molecule has 4 nitrogen and oxygen atoms in total. The van der Waals surface area contributed by atoms with E-state index in [9.17, 15) is 0 Å². The van der Waals surface area contributed by atoms with Gasteiger partial charge in [-0.15, -0.1) is 0 Å². The fourth-order valence-corrected chi connectivity index (χ4v) is 1.04. The molecule has 0 radical (unpaired) electrons. The van der Waals surface area contributed by atoms with Crippen molar-refractivity contribution < 1.29 is 4.74 Å². The molecule has 0 aromatic carbocycles. The molecule has 1 aromatic heterocycles. The molecule has 1 atom stereocenters. The van der Waals surface area contributed by atoms with Crippen molar-refractivity contribution in [1.29, 1.82) is 0 Å². The molecule has 2 N–H and O–H groups in total. The van der Waals surface area contributed by atoms with E-state index >= 15 is 0 Å². The van der Waals surface area contributed by atoms with Crippen molar-refractivity contribution in [2.45, 2.75) is 6.10 Å². The molecule has 0 fully saturated rings. The lowest BCUT2D eigenvalue weighted by Crippen LogP contribution is -2.17. The van der Waals surface area contributed by atoms with Gasteiger partial charge in [0.05, 0.1) is 5.69 Å². The Morgan fingerprint density at radius 2 is 2.55 bits per heavy atom. The maximum absolute atomic E-state index is 5.48. The molecule has 62 valence electrons. The van der Waals surface area contributed by atoms with Crippen LogP contribution in [-0.4, -0.2) is 23.4 Å². The Morgan fingerprint density at radius 3 is 2.91 bits per heavy atom. The van der Waals surface area contributed by atoms with Gasteiger partial charge in [0.2, 0.25) is 0 Å². The van der Waals surface area contributed by atoms with Crippen molar-refractivity contribution in [2.75, 3.05) is 13.7 Å². The van der Waals surface area contributed by atoms with E-state index in [1.165, 1.54) is 0 Å². The molecular formula is C7H13N3O. The molecular weight excluding hydrogens is 142 g/mol. The Kier molecular flexibility index (Phi) is 2.62. The lowest BCUT2D eigenvalue weighted by molar-refractivity contribution is 0.103. The standard InChI is InChI=1S/C7H13N3O/c1-10-6(3-4-9-10)7(5-8)11-2/h3-4,7H,5,8H2,1-2H3. The van der Waals surface area contributed by atoms with Gasteiger partial charge in [-0.05, 0) is 6.07 Å². The van der Waals surface area contributed by atoms with Crippen molar-refractivity contribution in [3.8, 4) is 0 Å². The summed E-state index contributed by atoms with van der Waals surface area (Å²) in [5.74, 6) is 0. The van der Waals surface area contributed by atoms with Crippen LogP contribution in [0.25, 0.3) is 0 Å². The second kappa shape index (κ2) is 3.50. The van der Waals surface area contributed by atoms with Gasteiger partial charge in [-0.1, -0.05) is 0 Å². The summed E-state index contributed by atoms with van der Waals surface area (Å²) in [6.07, 6.45) is 1.69. The quantitative estimate of drug-likeness (QED) is 0.671. The van der Waals surface area contributed by atoms with Crippen LogP contribution in [0.5, 0.6) is 0 Å². The normalized spacial score (nSPS) is 13.4. The first-order valence-corrected chi connectivity index (χ1v) is 3.50. The highest BCUT2D eigenvalue weighted by Gasteiger charge is 2.10. The van der Waals surface area contributed by atoms with Crippen LogP contribution in [0.3, 0.4) is 0 Å². The molecule has 0 bridgehead atoms. The molecule has 1 rings (SSSR count). The molecule has 0 saturated heterocycles. The van der Waals surface area contributed by atoms with Crippen LogP contribution >= 0.6 is 0 Å². The smallest absolute Gasteiger partial charge is 0.111 e. The topological polar surface area (TPSA) is 53.1 Å². The first-order valence-electron chi connectivity index (χ1n) is 3.50. The maximum atomic E-state index is 5.48. The van der Waals surface area contributed by atoms with E-state index in [0.29, 0.717) is 6.54 Å². The van der Waals surface area contributed by atoms with Gasteiger partial charge in [0.15, 0.2) is 0 Å². The number of hydrogen-bond donors (Lipinski definition) is 1. The van der Waals surface area contributed by atoms with Crippen molar-refractivity contribution >= 4 is 0 Å².